The number of fused-ring (bicyclic) bond motifs is 3. The SMILES string of the molecule is CC[C@@]1(O)C[C@H]2[C@@H](C1)c1cc(O)ccc1O[C@H]2c1ccc(OC)cc1. The van der Waals surface area contributed by atoms with E-state index < -0.39 is 5.60 Å². The second-order valence-electron chi connectivity index (χ2n) is 7.29. The minimum atomic E-state index is -0.670. The molecule has 1 heterocycles. The van der Waals surface area contributed by atoms with Crippen LogP contribution >= 0.6 is 0 Å². The van der Waals surface area contributed by atoms with Crippen molar-refractivity contribution in [2.24, 2.45) is 5.92 Å². The van der Waals surface area contributed by atoms with E-state index in [1.54, 1.807) is 19.2 Å². The number of aromatic hydroxyl groups is 1. The summed E-state index contributed by atoms with van der Waals surface area (Å²) in [6, 6.07) is 13.2. The van der Waals surface area contributed by atoms with E-state index in [9.17, 15) is 10.2 Å². The molecule has 2 aromatic carbocycles. The highest BCUT2D eigenvalue weighted by atomic mass is 16.5. The molecule has 1 fully saturated rings. The van der Waals surface area contributed by atoms with Crippen LogP contribution in [0.2, 0.25) is 0 Å². The van der Waals surface area contributed by atoms with Crippen LogP contribution < -0.4 is 9.47 Å². The highest BCUT2D eigenvalue weighted by Gasteiger charge is 2.50. The fourth-order valence-electron chi connectivity index (χ4n) is 4.44. The molecule has 2 aromatic rings. The highest BCUT2D eigenvalue weighted by molar-refractivity contribution is 5.46. The molecule has 4 nitrogen and oxygen atoms in total. The molecule has 132 valence electrons. The predicted molar refractivity (Wildman–Crippen MR) is 95.2 cm³/mol. The van der Waals surface area contributed by atoms with Crippen LogP contribution in [0.5, 0.6) is 17.2 Å². The van der Waals surface area contributed by atoms with Gasteiger partial charge in [0, 0.05) is 11.5 Å². The number of aliphatic hydroxyl groups is 1. The summed E-state index contributed by atoms with van der Waals surface area (Å²) in [6.45, 7) is 2.03. The fourth-order valence-corrected chi connectivity index (χ4v) is 4.44. The lowest BCUT2D eigenvalue weighted by Crippen LogP contribution is -2.27. The van der Waals surface area contributed by atoms with Crippen LogP contribution in [-0.4, -0.2) is 22.9 Å². The zero-order valence-electron chi connectivity index (χ0n) is 14.6. The van der Waals surface area contributed by atoms with E-state index in [2.05, 4.69) is 0 Å². The summed E-state index contributed by atoms with van der Waals surface area (Å²) in [4.78, 5) is 0. The van der Waals surface area contributed by atoms with E-state index in [4.69, 9.17) is 9.47 Å². The zero-order chi connectivity index (χ0) is 17.6. The third-order valence-corrected chi connectivity index (χ3v) is 5.87. The van der Waals surface area contributed by atoms with Gasteiger partial charge in [-0.25, -0.2) is 0 Å². The molecular formula is C21H24O4. The van der Waals surface area contributed by atoms with E-state index in [0.29, 0.717) is 12.8 Å². The van der Waals surface area contributed by atoms with Crippen LogP contribution in [0.3, 0.4) is 0 Å². The zero-order valence-corrected chi connectivity index (χ0v) is 14.6. The monoisotopic (exact) mass is 340 g/mol. The predicted octanol–water partition coefficient (Wildman–Crippen LogP) is 4.17. The molecule has 0 radical (unpaired) electrons. The van der Waals surface area contributed by atoms with Gasteiger partial charge < -0.3 is 19.7 Å². The van der Waals surface area contributed by atoms with E-state index in [1.165, 1.54) is 0 Å². The Morgan fingerprint density at radius 3 is 2.60 bits per heavy atom. The minimum Gasteiger partial charge on any atom is -0.508 e. The van der Waals surface area contributed by atoms with Crippen molar-refractivity contribution < 1.29 is 19.7 Å². The number of rotatable bonds is 3. The van der Waals surface area contributed by atoms with Crippen molar-refractivity contribution in [3.63, 3.8) is 0 Å². The van der Waals surface area contributed by atoms with Gasteiger partial charge >= 0.3 is 0 Å². The van der Waals surface area contributed by atoms with Gasteiger partial charge in [0.25, 0.3) is 0 Å². The molecular weight excluding hydrogens is 316 g/mol. The first-order valence-electron chi connectivity index (χ1n) is 8.89. The maximum atomic E-state index is 10.9. The van der Waals surface area contributed by atoms with E-state index >= 15 is 0 Å². The molecule has 0 amide bonds. The Balaban J connectivity index is 1.76. The van der Waals surface area contributed by atoms with Gasteiger partial charge in [-0.1, -0.05) is 19.1 Å². The summed E-state index contributed by atoms with van der Waals surface area (Å²) in [5, 5.41) is 20.8. The Bertz CT molecular complexity index is 770. The second kappa shape index (κ2) is 5.95. The van der Waals surface area contributed by atoms with Crippen molar-refractivity contribution in [2.75, 3.05) is 7.11 Å². The second-order valence-corrected chi connectivity index (χ2v) is 7.29. The number of ether oxygens (including phenoxy) is 2. The largest absolute Gasteiger partial charge is 0.508 e. The standard InChI is InChI=1S/C21H24O4/c1-3-21(23)11-17-16-10-14(22)6-9-19(16)25-20(18(17)12-21)13-4-7-15(24-2)8-5-13/h4-10,17-18,20,22-23H,3,11-12H2,1-2H3/t17-,18-,20-,21-/m0/s1. The Hall–Kier alpha value is -2.20. The highest BCUT2D eigenvalue weighted by Crippen LogP contribution is 2.57. The molecule has 0 saturated heterocycles. The van der Waals surface area contributed by atoms with Crippen molar-refractivity contribution in [3.8, 4) is 17.2 Å². The van der Waals surface area contributed by atoms with Crippen molar-refractivity contribution in [3.05, 3.63) is 53.6 Å². The molecule has 0 aromatic heterocycles. The van der Waals surface area contributed by atoms with Crippen molar-refractivity contribution in [2.45, 2.75) is 43.8 Å². The lowest BCUT2D eigenvalue weighted by molar-refractivity contribution is 0.0295. The molecule has 0 unspecified atom stereocenters. The summed E-state index contributed by atoms with van der Waals surface area (Å²) < 4.78 is 11.6. The number of benzene rings is 2. The number of hydrogen-bond acceptors (Lipinski definition) is 4. The normalized spacial score (nSPS) is 30.3. The van der Waals surface area contributed by atoms with E-state index in [1.807, 2.05) is 37.3 Å². The van der Waals surface area contributed by atoms with Gasteiger partial charge in [0.1, 0.15) is 23.4 Å². The van der Waals surface area contributed by atoms with Crippen LogP contribution in [0, 0.1) is 5.92 Å². The molecule has 4 heteroatoms. The quantitative estimate of drug-likeness (QED) is 0.880. The molecule has 0 spiro atoms. The number of hydrogen-bond donors (Lipinski definition) is 2. The van der Waals surface area contributed by atoms with Gasteiger partial charge in [-0.05, 0) is 61.1 Å². The van der Waals surface area contributed by atoms with Crippen molar-refractivity contribution in [1.29, 1.82) is 0 Å². The summed E-state index contributed by atoms with van der Waals surface area (Å²) >= 11 is 0. The van der Waals surface area contributed by atoms with Crippen LogP contribution in [0.1, 0.15) is 49.3 Å². The Labute approximate surface area is 148 Å². The summed E-state index contributed by atoms with van der Waals surface area (Å²) in [5.41, 5.74) is 1.44. The van der Waals surface area contributed by atoms with Crippen LogP contribution in [-0.2, 0) is 0 Å². The van der Waals surface area contributed by atoms with Crippen LogP contribution in [0.15, 0.2) is 42.5 Å². The molecule has 1 aliphatic heterocycles. The third kappa shape index (κ3) is 2.74. The van der Waals surface area contributed by atoms with Crippen molar-refractivity contribution in [1.82, 2.24) is 0 Å². The molecule has 4 atom stereocenters. The molecule has 4 rings (SSSR count). The van der Waals surface area contributed by atoms with Gasteiger partial charge in [-0.2, -0.15) is 0 Å². The Morgan fingerprint density at radius 2 is 1.92 bits per heavy atom. The summed E-state index contributed by atoms with van der Waals surface area (Å²) in [5.74, 6) is 2.25. The molecule has 0 bridgehead atoms. The summed E-state index contributed by atoms with van der Waals surface area (Å²) in [7, 11) is 1.66. The minimum absolute atomic E-state index is 0.103. The maximum Gasteiger partial charge on any atom is 0.127 e. The smallest absolute Gasteiger partial charge is 0.127 e. The lowest BCUT2D eigenvalue weighted by atomic mass is 9.80. The van der Waals surface area contributed by atoms with Gasteiger partial charge in [0.15, 0.2) is 0 Å². The van der Waals surface area contributed by atoms with Gasteiger partial charge in [0.05, 0.1) is 12.7 Å². The fraction of sp³-hybridized carbons (Fsp3) is 0.429. The molecule has 25 heavy (non-hydrogen) atoms. The maximum absolute atomic E-state index is 10.9. The summed E-state index contributed by atoms with van der Waals surface area (Å²) in [6.07, 6.45) is 2.04. The average Bonchev–Trinajstić information content (AvgIpc) is 3.00. The van der Waals surface area contributed by atoms with Crippen LogP contribution in [0.4, 0.5) is 0 Å². The van der Waals surface area contributed by atoms with E-state index in [-0.39, 0.29) is 23.7 Å². The van der Waals surface area contributed by atoms with E-state index in [0.717, 1.165) is 29.0 Å². The van der Waals surface area contributed by atoms with Crippen LogP contribution in [0.25, 0.3) is 0 Å². The van der Waals surface area contributed by atoms with Gasteiger partial charge in [-0.3, -0.25) is 0 Å². The number of phenols is 1. The van der Waals surface area contributed by atoms with Gasteiger partial charge in [-0.15, -0.1) is 0 Å². The number of methoxy groups -OCH3 is 1. The molecule has 2 N–H and O–H groups in total. The van der Waals surface area contributed by atoms with Crippen molar-refractivity contribution >= 4 is 0 Å². The number of phenolic OH excluding ortho intramolecular Hbond substituents is 1. The van der Waals surface area contributed by atoms with Gasteiger partial charge in [0.2, 0.25) is 0 Å². The molecule has 1 aliphatic carbocycles. The first kappa shape index (κ1) is 16.3. The first-order chi connectivity index (χ1) is 12.0. The first-order valence-corrected chi connectivity index (χ1v) is 8.89. The average molecular weight is 340 g/mol. The topological polar surface area (TPSA) is 58.9 Å². The molecule has 2 aliphatic rings. The Morgan fingerprint density at radius 1 is 1.16 bits per heavy atom. The third-order valence-electron chi connectivity index (χ3n) is 5.87. The lowest BCUT2D eigenvalue weighted by Gasteiger charge is -2.36. The Kier molecular flexibility index (Phi) is 3.88. The molecule has 1 saturated carbocycles.